The lowest BCUT2D eigenvalue weighted by atomic mass is 9.72. The van der Waals surface area contributed by atoms with Crippen LogP contribution in [-0.2, 0) is 4.74 Å². The van der Waals surface area contributed by atoms with E-state index < -0.39 is 0 Å². The first-order valence-corrected chi connectivity index (χ1v) is 9.97. The van der Waals surface area contributed by atoms with Gasteiger partial charge in [-0.2, -0.15) is 0 Å². The van der Waals surface area contributed by atoms with Gasteiger partial charge in [0.25, 0.3) is 0 Å². The van der Waals surface area contributed by atoms with Gasteiger partial charge < -0.3 is 4.74 Å². The lowest BCUT2D eigenvalue weighted by Gasteiger charge is -2.32. The van der Waals surface area contributed by atoms with Crippen LogP contribution >= 0.6 is 0 Å². The number of allylic oxidation sites excluding steroid dienone is 7. The Kier molecular flexibility index (Phi) is 6.15. The van der Waals surface area contributed by atoms with Crippen LogP contribution in [0.25, 0.3) is 6.08 Å². The number of hydrogen-bond donors (Lipinski definition) is 0. The molecule has 1 aliphatic carbocycles. The van der Waals surface area contributed by atoms with Gasteiger partial charge in [-0.25, -0.2) is 4.99 Å². The molecule has 1 aromatic carbocycles. The van der Waals surface area contributed by atoms with E-state index in [4.69, 9.17) is 4.74 Å². The maximum Gasteiger partial charge on any atom is 0.216 e. The number of aliphatic imine (C=N–C) groups is 1. The van der Waals surface area contributed by atoms with Crippen molar-refractivity contribution in [3.05, 3.63) is 76.4 Å². The van der Waals surface area contributed by atoms with Crippen molar-refractivity contribution in [3.63, 3.8) is 0 Å². The van der Waals surface area contributed by atoms with Crippen molar-refractivity contribution in [1.29, 1.82) is 0 Å². The third-order valence-corrected chi connectivity index (χ3v) is 5.45. The number of nitrogens with zero attached hydrogens (tertiary/aromatic N) is 1. The molecule has 0 atom stereocenters. The van der Waals surface area contributed by atoms with E-state index in [-0.39, 0.29) is 0 Å². The first kappa shape index (κ1) is 19.4. The van der Waals surface area contributed by atoms with E-state index in [1.54, 1.807) is 5.57 Å². The Morgan fingerprint density at radius 2 is 1.93 bits per heavy atom. The number of hydrogen-bond acceptors (Lipinski definition) is 2. The van der Waals surface area contributed by atoms with E-state index >= 15 is 0 Å². The highest BCUT2D eigenvalue weighted by Crippen LogP contribution is 2.40. The minimum atomic E-state index is 0.296. The predicted molar refractivity (Wildman–Crippen MR) is 116 cm³/mol. The highest BCUT2D eigenvalue weighted by atomic mass is 16.5. The molecule has 3 rings (SSSR count). The molecular formula is C25H31NO. The van der Waals surface area contributed by atoms with Gasteiger partial charge in [0.05, 0.1) is 6.54 Å². The largest absolute Gasteiger partial charge is 0.476 e. The number of benzene rings is 1. The van der Waals surface area contributed by atoms with Crippen molar-refractivity contribution in [2.45, 2.75) is 47.0 Å². The summed E-state index contributed by atoms with van der Waals surface area (Å²) < 4.78 is 5.50. The fourth-order valence-electron chi connectivity index (χ4n) is 3.84. The van der Waals surface area contributed by atoms with Crippen LogP contribution in [0.15, 0.2) is 70.3 Å². The Morgan fingerprint density at radius 3 is 2.59 bits per heavy atom. The average Bonchev–Trinajstić information content (AvgIpc) is 3.16. The lowest BCUT2D eigenvalue weighted by Crippen LogP contribution is -2.19. The Bertz CT molecular complexity index is 816. The van der Waals surface area contributed by atoms with Crippen molar-refractivity contribution in [2.24, 2.45) is 10.4 Å². The van der Waals surface area contributed by atoms with Crippen LogP contribution in [-0.4, -0.2) is 19.0 Å². The Hall–Kier alpha value is -2.35. The van der Waals surface area contributed by atoms with Crippen LogP contribution in [0.4, 0.5) is 0 Å². The fraction of sp³-hybridized carbons (Fsp3) is 0.400. The zero-order chi connectivity index (χ0) is 19.3. The van der Waals surface area contributed by atoms with Gasteiger partial charge in [0.1, 0.15) is 6.61 Å². The molecule has 0 radical (unpaired) electrons. The Morgan fingerprint density at radius 1 is 1.15 bits per heavy atom. The highest BCUT2D eigenvalue weighted by molar-refractivity contribution is 5.95. The molecule has 27 heavy (non-hydrogen) atoms. The normalized spacial score (nSPS) is 20.4. The van der Waals surface area contributed by atoms with Crippen LogP contribution < -0.4 is 0 Å². The third kappa shape index (κ3) is 5.09. The standard InChI is InChI=1S/C25H31NO/c1-19(10-15-23-20(2)8-6-16-25(23,3)4)7-5-9-21-11-13-22(14-12-21)24-26-17-18-27-24/h5,7,9-15H,6,8,16-18H2,1-4H3. The smallest absolute Gasteiger partial charge is 0.216 e. The second kappa shape index (κ2) is 8.56. The molecule has 2 nitrogen and oxygen atoms in total. The molecule has 0 fully saturated rings. The zero-order valence-electron chi connectivity index (χ0n) is 17.1. The van der Waals surface area contributed by atoms with Gasteiger partial charge >= 0.3 is 0 Å². The van der Waals surface area contributed by atoms with Gasteiger partial charge in [-0.3, -0.25) is 0 Å². The van der Waals surface area contributed by atoms with Crippen LogP contribution in [0.3, 0.4) is 0 Å². The molecule has 0 amide bonds. The maximum absolute atomic E-state index is 5.50. The van der Waals surface area contributed by atoms with Gasteiger partial charge in [0.2, 0.25) is 5.90 Å². The SMILES string of the molecule is CC(C=CC1=C(C)CCCC1(C)C)=CC=Cc1ccc(C2=NCCO2)cc1. The molecule has 0 aromatic heterocycles. The maximum atomic E-state index is 5.50. The van der Waals surface area contributed by atoms with Gasteiger partial charge in [-0.05, 0) is 61.8 Å². The summed E-state index contributed by atoms with van der Waals surface area (Å²) in [7, 11) is 0. The van der Waals surface area contributed by atoms with Crippen LogP contribution in [0.2, 0.25) is 0 Å². The van der Waals surface area contributed by atoms with E-state index in [1.165, 1.54) is 36.0 Å². The molecule has 1 aromatic rings. The second-order valence-electron chi connectivity index (χ2n) is 8.19. The molecule has 0 saturated carbocycles. The van der Waals surface area contributed by atoms with Crippen LogP contribution in [0.5, 0.6) is 0 Å². The van der Waals surface area contributed by atoms with Crippen molar-refractivity contribution in [1.82, 2.24) is 0 Å². The monoisotopic (exact) mass is 361 g/mol. The van der Waals surface area contributed by atoms with Crippen molar-refractivity contribution in [2.75, 3.05) is 13.2 Å². The molecule has 0 saturated heterocycles. The van der Waals surface area contributed by atoms with E-state index in [0.717, 1.165) is 18.0 Å². The van der Waals surface area contributed by atoms with Crippen LogP contribution in [0.1, 0.15) is 58.1 Å². The predicted octanol–water partition coefficient (Wildman–Crippen LogP) is 6.51. The number of ether oxygens (including phenoxy) is 1. The van der Waals surface area contributed by atoms with Crippen LogP contribution in [0, 0.1) is 5.41 Å². The highest BCUT2D eigenvalue weighted by Gasteiger charge is 2.26. The molecule has 142 valence electrons. The zero-order valence-corrected chi connectivity index (χ0v) is 17.1. The molecular weight excluding hydrogens is 330 g/mol. The summed E-state index contributed by atoms with van der Waals surface area (Å²) >= 11 is 0. The first-order chi connectivity index (χ1) is 13.0. The molecule has 0 bridgehead atoms. The molecule has 1 heterocycles. The molecule has 0 N–H and O–H groups in total. The third-order valence-electron chi connectivity index (χ3n) is 5.45. The van der Waals surface area contributed by atoms with E-state index in [9.17, 15) is 0 Å². The first-order valence-electron chi connectivity index (χ1n) is 9.97. The Labute approximate surface area is 164 Å². The van der Waals surface area contributed by atoms with Gasteiger partial charge in [-0.15, -0.1) is 0 Å². The van der Waals surface area contributed by atoms with Crippen molar-refractivity contribution < 1.29 is 4.74 Å². The number of rotatable bonds is 5. The summed E-state index contributed by atoms with van der Waals surface area (Å²) in [6, 6.07) is 8.35. The quantitative estimate of drug-likeness (QED) is 0.548. The fourth-order valence-corrected chi connectivity index (χ4v) is 3.84. The minimum Gasteiger partial charge on any atom is -0.476 e. The summed E-state index contributed by atoms with van der Waals surface area (Å²) in [5, 5.41) is 0. The summed E-state index contributed by atoms with van der Waals surface area (Å²) in [5.74, 6) is 0.765. The summed E-state index contributed by atoms with van der Waals surface area (Å²) in [4.78, 5) is 4.35. The summed E-state index contributed by atoms with van der Waals surface area (Å²) in [5.41, 5.74) is 6.85. The van der Waals surface area contributed by atoms with Gasteiger partial charge in [-0.1, -0.05) is 67.5 Å². The van der Waals surface area contributed by atoms with E-state index in [1.807, 2.05) is 0 Å². The van der Waals surface area contributed by atoms with Gasteiger partial charge in [0.15, 0.2) is 0 Å². The average molecular weight is 362 g/mol. The second-order valence-corrected chi connectivity index (χ2v) is 8.19. The summed E-state index contributed by atoms with van der Waals surface area (Å²) in [6.07, 6.45) is 14.8. The lowest BCUT2D eigenvalue weighted by molar-refractivity contribution is 0.348. The van der Waals surface area contributed by atoms with Crippen molar-refractivity contribution in [3.8, 4) is 0 Å². The Balaban J connectivity index is 1.63. The summed E-state index contributed by atoms with van der Waals surface area (Å²) in [6.45, 7) is 10.6. The molecule has 1 aliphatic heterocycles. The van der Waals surface area contributed by atoms with Crippen molar-refractivity contribution >= 4 is 12.0 Å². The topological polar surface area (TPSA) is 21.6 Å². The molecule has 0 unspecified atom stereocenters. The molecule has 2 aliphatic rings. The molecule has 2 heteroatoms. The van der Waals surface area contributed by atoms with E-state index in [0.29, 0.717) is 12.0 Å². The minimum absolute atomic E-state index is 0.296. The molecule has 0 spiro atoms. The van der Waals surface area contributed by atoms with Gasteiger partial charge in [0, 0.05) is 5.56 Å². The van der Waals surface area contributed by atoms with E-state index in [2.05, 4.69) is 87.3 Å².